The van der Waals surface area contributed by atoms with Crippen molar-refractivity contribution in [3.8, 4) is 5.75 Å². The second-order valence-electron chi connectivity index (χ2n) is 3.70. The molecule has 0 aromatic heterocycles. The Hall–Kier alpha value is -2.30. The molecule has 18 heavy (non-hydrogen) atoms. The maximum absolute atomic E-state index is 13.6. The van der Waals surface area contributed by atoms with E-state index in [9.17, 15) is 8.78 Å². The standard InChI is InChI=1S/C13H12F2N2O/c1-18-9-3-4-10(15)12(7-9)17-13-6-8(14)2-5-11(13)16/h2-7,17H,16H2,1H3. The lowest BCUT2D eigenvalue weighted by molar-refractivity contribution is 0.414. The van der Waals surface area contributed by atoms with Gasteiger partial charge >= 0.3 is 0 Å². The van der Waals surface area contributed by atoms with Crippen molar-refractivity contribution >= 4 is 17.1 Å². The summed E-state index contributed by atoms with van der Waals surface area (Å²) in [6.45, 7) is 0. The fourth-order valence-electron chi connectivity index (χ4n) is 1.51. The molecule has 0 saturated heterocycles. The van der Waals surface area contributed by atoms with E-state index in [1.165, 1.54) is 43.5 Å². The quantitative estimate of drug-likeness (QED) is 0.822. The molecular weight excluding hydrogens is 238 g/mol. The third-order valence-electron chi connectivity index (χ3n) is 2.46. The van der Waals surface area contributed by atoms with Crippen molar-refractivity contribution in [2.75, 3.05) is 18.2 Å². The molecular formula is C13H12F2N2O. The summed E-state index contributed by atoms with van der Waals surface area (Å²) in [5, 5.41) is 2.74. The first kappa shape index (κ1) is 12.2. The topological polar surface area (TPSA) is 47.3 Å². The maximum atomic E-state index is 13.6. The molecule has 3 nitrogen and oxygen atoms in total. The van der Waals surface area contributed by atoms with Gasteiger partial charge in [-0.1, -0.05) is 0 Å². The van der Waals surface area contributed by atoms with Gasteiger partial charge in [-0.25, -0.2) is 8.78 Å². The fraction of sp³-hybridized carbons (Fsp3) is 0.0769. The summed E-state index contributed by atoms with van der Waals surface area (Å²) >= 11 is 0. The lowest BCUT2D eigenvalue weighted by atomic mass is 10.2. The van der Waals surface area contributed by atoms with Crippen LogP contribution < -0.4 is 15.8 Å². The van der Waals surface area contributed by atoms with E-state index in [1.807, 2.05) is 0 Å². The van der Waals surface area contributed by atoms with Gasteiger partial charge in [0.2, 0.25) is 0 Å². The first-order chi connectivity index (χ1) is 8.60. The van der Waals surface area contributed by atoms with Gasteiger partial charge in [0.15, 0.2) is 0 Å². The highest BCUT2D eigenvalue weighted by Crippen LogP contribution is 2.28. The minimum absolute atomic E-state index is 0.173. The highest BCUT2D eigenvalue weighted by Gasteiger charge is 2.07. The van der Waals surface area contributed by atoms with Gasteiger partial charge in [0, 0.05) is 6.07 Å². The summed E-state index contributed by atoms with van der Waals surface area (Å²) in [6.07, 6.45) is 0. The highest BCUT2D eigenvalue weighted by atomic mass is 19.1. The molecule has 0 aliphatic rings. The van der Waals surface area contributed by atoms with Crippen molar-refractivity contribution in [1.82, 2.24) is 0 Å². The van der Waals surface area contributed by atoms with Crippen molar-refractivity contribution in [2.24, 2.45) is 0 Å². The SMILES string of the molecule is COc1ccc(F)c(Nc2cc(F)ccc2N)c1. The molecule has 0 heterocycles. The van der Waals surface area contributed by atoms with E-state index in [0.717, 1.165) is 0 Å². The fourth-order valence-corrected chi connectivity index (χ4v) is 1.51. The number of anilines is 3. The lowest BCUT2D eigenvalue weighted by Gasteiger charge is -2.11. The monoisotopic (exact) mass is 250 g/mol. The number of benzene rings is 2. The van der Waals surface area contributed by atoms with Crippen LogP contribution in [-0.2, 0) is 0 Å². The Balaban J connectivity index is 2.36. The number of halogens is 2. The molecule has 2 aromatic carbocycles. The third-order valence-corrected chi connectivity index (χ3v) is 2.46. The van der Waals surface area contributed by atoms with E-state index >= 15 is 0 Å². The van der Waals surface area contributed by atoms with Crippen LogP contribution >= 0.6 is 0 Å². The third kappa shape index (κ3) is 2.51. The molecule has 94 valence electrons. The van der Waals surface area contributed by atoms with Crippen molar-refractivity contribution in [3.63, 3.8) is 0 Å². The molecule has 0 fully saturated rings. The van der Waals surface area contributed by atoms with Crippen LogP contribution in [0.5, 0.6) is 5.75 Å². The number of rotatable bonds is 3. The molecule has 0 unspecified atom stereocenters. The Morgan fingerprint density at radius 1 is 1.06 bits per heavy atom. The molecule has 3 N–H and O–H groups in total. The van der Waals surface area contributed by atoms with Gasteiger partial charge in [-0.2, -0.15) is 0 Å². The summed E-state index contributed by atoms with van der Waals surface area (Å²) in [6, 6.07) is 8.08. The van der Waals surface area contributed by atoms with Gasteiger partial charge in [0.1, 0.15) is 17.4 Å². The van der Waals surface area contributed by atoms with E-state index in [0.29, 0.717) is 17.1 Å². The summed E-state index contributed by atoms with van der Waals surface area (Å²) in [4.78, 5) is 0. The summed E-state index contributed by atoms with van der Waals surface area (Å²) < 4.78 is 31.6. The van der Waals surface area contributed by atoms with Gasteiger partial charge in [-0.05, 0) is 30.3 Å². The molecule has 0 spiro atoms. The molecule has 5 heteroatoms. The Bertz CT molecular complexity index is 573. The number of nitrogens with two attached hydrogens (primary N) is 1. The minimum atomic E-state index is -0.473. The predicted molar refractivity (Wildman–Crippen MR) is 67.0 cm³/mol. The highest BCUT2D eigenvalue weighted by molar-refractivity contribution is 5.73. The van der Waals surface area contributed by atoms with Crippen LogP contribution in [0.3, 0.4) is 0 Å². The van der Waals surface area contributed by atoms with Gasteiger partial charge in [0.25, 0.3) is 0 Å². The maximum Gasteiger partial charge on any atom is 0.146 e. The van der Waals surface area contributed by atoms with Crippen LogP contribution in [0, 0.1) is 11.6 Å². The number of hydrogen-bond donors (Lipinski definition) is 2. The average molecular weight is 250 g/mol. The van der Waals surface area contributed by atoms with Crippen LogP contribution in [-0.4, -0.2) is 7.11 Å². The van der Waals surface area contributed by atoms with Crippen molar-refractivity contribution in [1.29, 1.82) is 0 Å². The molecule has 0 aliphatic heterocycles. The van der Waals surface area contributed by atoms with E-state index in [-0.39, 0.29) is 5.69 Å². The second kappa shape index (κ2) is 4.91. The van der Waals surface area contributed by atoms with Crippen molar-refractivity contribution in [2.45, 2.75) is 0 Å². The predicted octanol–water partition coefficient (Wildman–Crippen LogP) is 3.30. The number of ether oxygens (including phenoxy) is 1. The Kier molecular flexibility index (Phi) is 3.32. The largest absolute Gasteiger partial charge is 0.497 e. The van der Waals surface area contributed by atoms with E-state index in [4.69, 9.17) is 10.5 Å². The van der Waals surface area contributed by atoms with Crippen molar-refractivity contribution < 1.29 is 13.5 Å². The van der Waals surface area contributed by atoms with Crippen LogP contribution in [0.1, 0.15) is 0 Å². The van der Waals surface area contributed by atoms with Gasteiger partial charge in [0.05, 0.1) is 24.2 Å². The van der Waals surface area contributed by atoms with Crippen LogP contribution in [0.25, 0.3) is 0 Å². The first-order valence-corrected chi connectivity index (χ1v) is 5.26. The molecule has 0 atom stereocenters. The molecule has 0 saturated carbocycles. The molecule has 0 radical (unpaired) electrons. The smallest absolute Gasteiger partial charge is 0.146 e. The van der Waals surface area contributed by atoms with Crippen LogP contribution in [0.2, 0.25) is 0 Å². The Morgan fingerprint density at radius 3 is 2.56 bits per heavy atom. The molecule has 0 amide bonds. The van der Waals surface area contributed by atoms with Gasteiger partial charge < -0.3 is 15.8 Å². The second-order valence-corrected chi connectivity index (χ2v) is 3.70. The van der Waals surface area contributed by atoms with Crippen LogP contribution in [0.15, 0.2) is 36.4 Å². The molecule has 0 bridgehead atoms. The zero-order valence-corrected chi connectivity index (χ0v) is 9.71. The first-order valence-electron chi connectivity index (χ1n) is 5.26. The van der Waals surface area contributed by atoms with Crippen molar-refractivity contribution in [3.05, 3.63) is 48.0 Å². The number of methoxy groups -OCH3 is 1. The summed E-state index contributed by atoms with van der Waals surface area (Å²) in [5.41, 5.74) is 6.49. The van der Waals surface area contributed by atoms with Crippen LogP contribution in [0.4, 0.5) is 25.8 Å². The zero-order chi connectivity index (χ0) is 13.1. The number of hydrogen-bond acceptors (Lipinski definition) is 3. The molecule has 2 aromatic rings. The van der Waals surface area contributed by atoms with Gasteiger partial charge in [-0.15, -0.1) is 0 Å². The lowest BCUT2D eigenvalue weighted by Crippen LogP contribution is -1.99. The summed E-state index contributed by atoms with van der Waals surface area (Å²) in [7, 11) is 1.48. The zero-order valence-electron chi connectivity index (χ0n) is 9.71. The number of nitrogen functional groups attached to an aromatic ring is 1. The minimum Gasteiger partial charge on any atom is -0.497 e. The van der Waals surface area contributed by atoms with E-state index in [2.05, 4.69) is 5.32 Å². The van der Waals surface area contributed by atoms with E-state index < -0.39 is 11.6 Å². The van der Waals surface area contributed by atoms with Gasteiger partial charge in [-0.3, -0.25) is 0 Å². The Morgan fingerprint density at radius 2 is 1.83 bits per heavy atom. The molecule has 2 rings (SSSR count). The van der Waals surface area contributed by atoms with E-state index in [1.54, 1.807) is 0 Å². The number of nitrogens with one attached hydrogen (secondary N) is 1. The normalized spacial score (nSPS) is 10.2. The average Bonchev–Trinajstić information content (AvgIpc) is 2.36. The Labute approximate surface area is 103 Å². The summed E-state index contributed by atoms with van der Waals surface area (Å²) in [5.74, 6) is -0.427. The molecule has 0 aliphatic carbocycles.